The van der Waals surface area contributed by atoms with Crippen molar-refractivity contribution in [1.82, 2.24) is 4.98 Å². The Bertz CT molecular complexity index is 606. The van der Waals surface area contributed by atoms with Crippen LogP contribution < -0.4 is 0 Å². The largest absolute Gasteiger partial charge is 0.456 e. The number of hydrogen-bond acceptors (Lipinski definition) is 4. The average Bonchev–Trinajstić information content (AvgIpc) is 2.83. The molecule has 2 rings (SSSR count). The average molecular weight is 325 g/mol. The van der Waals surface area contributed by atoms with Crippen molar-refractivity contribution in [2.24, 2.45) is 0 Å². The highest BCUT2D eigenvalue weighted by atomic mass is 79.9. The Morgan fingerprint density at radius 3 is 2.58 bits per heavy atom. The molecule has 0 spiro atoms. The third-order valence-electron chi connectivity index (χ3n) is 2.38. The van der Waals surface area contributed by atoms with Crippen LogP contribution in [0.1, 0.15) is 16.1 Å². The highest BCUT2D eigenvalue weighted by Gasteiger charge is 2.10. The molecule has 0 aliphatic heterocycles. The van der Waals surface area contributed by atoms with Gasteiger partial charge in [-0.2, -0.15) is 0 Å². The molecule has 1 heterocycles. The summed E-state index contributed by atoms with van der Waals surface area (Å²) >= 11 is 3.22. The van der Waals surface area contributed by atoms with Gasteiger partial charge in [-0.15, -0.1) is 0 Å². The Hall–Kier alpha value is -2.15. The van der Waals surface area contributed by atoms with Crippen LogP contribution in [0.25, 0.3) is 0 Å². The molecule has 0 saturated heterocycles. The SMILES string of the molecule is O=C(OCc1ccc([N+](=O)[O-])cc1)c1cc(Br)c[nH]1. The number of esters is 1. The minimum atomic E-state index is -0.482. The first-order chi connectivity index (χ1) is 9.06. The second-order valence-electron chi connectivity index (χ2n) is 3.73. The molecule has 0 fully saturated rings. The monoisotopic (exact) mass is 324 g/mol. The summed E-state index contributed by atoms with van der Waals surface area (Å²) in [6, 6.07) is 7.45. The molecule has 2 aromatic rings. The molecular formula is C12H9BrN2O4. The number of non-ortho nitro benzene ring substituents is 1. The van der Waals surface area contributed by atoms with Crippen LogP contribution in [0.2, 0.25) is 0 Å². The smallest absolute Gasteiger partial charge is 0.355 e. The number of aromatic amines is 1. The number of benzene rings is 1. The van der Waals surface area contributed by atoms with Gasteiger partial charge in [0, 0.05) is 22.8 Å². The molecule has 1 N–H and O–H groups in total. The number of nitro groups is 1. The van der Waals surface area contributed by atoms with E-state index >= 15 is 0 Å². The van der Waals surface area contributed by atoms with Crippen LogP contribution in [0.5, 0.6) is 0 Å². The van der Waals surface area contributed by atoms with E-state index in [-0.39, 0.29) is 12.3 Å². The van der Waals surface area contributed by atoms with E-state index in [1.54, 1.807) is 24.4 Å². The molecule has 1 aromatic heterocycles. The van der Waals surface area contributed by atoms with E-state index in [0.29, 0.717) is 11.3 Å². The second kappa shape index (κ2) is 5.66. The maximum atomic E-state index is 11.6. The Labute approximate surface area is 116 Å². The second-order valence-corrected chi connectivity index (χ2v) is 4.65. The van der Waals surface area contributed by atoms with Crippen molar-refractivity contribution in [3.63, 3.8) is 0 Å². The number of aromatic nitrogens is 1. The van der Waals surface area contributed by atoms with Crippen molar-refractivity contribution in [2.75, 3.05) is 0 Å². The fraction of sp³-hybridized carbons (Fsp3) is 0.0833. The number of nitrogens with zero attached hydrogens (tertiary/aromatic N) is 1. The van der Waals surface area contributed by atoms with E-state index in [1.165, 1.54) is 12.1 Å². The van der Waals surface area contributed by atoms with Crippen LogP contribution in [0.4, 0.5) is 5.69 Å². The highest BCUT2D eigenvalue weighted by molar-refractivity contribution is 9.10. The summed E-state index contributed by atoms with van der Waals surface area (Å²) in [5.41, 5.74) is 1.03. The summed E-state index contributed by atoms with van der Waals surface area (Å²) in [5.74, 6) is -0.482. The van der Waals surface area contributed by atoms with Crippen LogP contribution >= 0.6 is 15.9 Å². The van der Waals surface area contributed by atoms with Crippen LogP contribution in [0.3, 0.4) is 0 Å². The quantitative estimate of drug-likeness (QED) is 0.532. The Kier molecular flexibility index (Phi) is 3.96. The number of ether oxygens (including phenoxy) is 1. The number of H-pyrrole nitrogens is 1. The molecule has 0 unspecified atom stereocenters. The van der Waals surface area contributed by atoms with Crippen molar-refractivity contribution in [1.29, 1.82) is 0 Å². The molecular weight excluding hydrogens is 316 g/mol. The minimum absolute atomic E-state index is 0.00313. The maximum absolute atomic E-state index is 11.6. The molecule has 0 radical (unpaired) electrons. The molecule has 1 aromatic carbocycles. The van der Waals surface area contributed by atoms with Crippen molar-refractivity contribution < 1.29 is 14.5 Å². The number of halogens is 1. The zero-order valence-electron chi connectivity index (χ0n) is 9.63. The summed E-state index contributed by atoms with van der Waals surface area (Å²) < 4.78 is 5.83. The first-order valence-electron chi connectivity index (χ1n) is 5.30. The molecule has 0 atom stereocenters. The lowest BCUT2D eigenvalue weighted by atomic mass is 10.2. The van der Waals surface area contributed by atoms with Crippen molar-refractivity contribution in [3.05, 3.63) is 62.4 Å². The van der Waals surface area contributed by atoms with E-state index in [9.17, 15) is 14.9 Å². The lowest BCUT2D eigenvalue weighted by Crippen LogP contribution is -2.05. The summed E-state index contributed by atoms with van der Waals surface area (Å²) in [6.45, 7) is 0.0630. The van der Waals surface area contributed by atoms with Gasteiger partial charge < -0.3 is 9.72 Å². The number of rotatable bonds is 4. The van der Waals surface area contributed by atoms with E-state index in [0.717, 1.165) is 4.47 Å². The first-order valence-corrected chi connectivity index (χ1v) is 6.10. The summed E-state index contributed by atoms with van der Waals surface area (Å²) in [6.07, 6.45) is 1.63. The summed E-state index contributed by atoms with van der Waals surface area (Å²) in [4.78, 5) is 24.4. The third-order valence-corrected chi connectivity index (χ3v) is 2.84. The normalized spacial score (nSPS) is 10.2. The molecule has 19 heavy (non-hydrogen) atoms. The lowest BCUT2D eigenvalue weighted by Gasteiger charge is -2.03. The van der Waals surface area contributed by atoms with E-state index in [4.69, 9.17) is 4.74 Å². The predicted octanol–water partition coefficient (Wildman–Crippen LogP) is 3.04. The van der Waals surface area contributed by atoms with Gasteiger partial charge in [0.15, 0.2) is 0 Å². The van der Waals surface area contributed by atoms with Crippen molar-refractivity contribution in [2.45, 2.75) is 6.61 Å². The van der Waals surface area contributed by atoms with Crippen molar-refractivity contribution in [3.8, 4) is 0 Å². The van der Waals surface area contributed by atoms with Gasteiger partial charge in [0.05, 0.1) is 4.92 Å². The fourth-order valence-electron chi connectivity index (χ4n) is 1.43. The zero-order valence-corrected chi connectivity index (χ0v) is 11.2. The van der Waals surface area contributed by atoms with Crippen molar-refractivity contribution >= 4 is 27.6 Å². The van der Waals surface area contributed by atoms with Gasteiger partial charge in [0.2, 0.25) is 0 Å². The molecule has 0 saturated carbocycles. The van der Waals surface area contributed by atoms with Gasteiger partial charge >= 0.3 is 5.97 Å². The standard InChI is InChI=1S/C12H9BrN2O4/c13-9-5-11(14-6-9)12(16)19-7-8-1-3-10(4-2-8)15(17)18/h1-6,14H,7H2. The highest BCUT2D eigenvalue weighted by Crippen LogP contribution is 2.14. The number of hydrogen-bond donors (Lipinski definition) is 1. The zero-order chi connectivity index (χ0) is 13.8. The predicted molar refractivity (Wildman–Crippen MR) is 70.7 cm³/mol. The summed E-state index contributed by atoms with van der Waals surface area (Å²) in [7, 11) is 0. The van der Waals surface area contributed by atoms with Crippen LogP contribution in [0, 0.1) is 10.1 Å². The molecule has 0 aliphatic carbocycles. The maximum Gasteiger partial charge on any atom is 0.355 e. The molecule has 0 bridgehead atoms. The van der Waals surface area contributed by atoms with Gasteiger partial charge in [-0.25, -0.2) is 4.79 Å². The number of carbonyl (C=O) groups excluding carboxylic acids is 1. The molecule has 0 aliphatic rings. The summed E-state index contributed by atoms with van der Waals surface area (Å²) in [5, 5.41) is 10.5. The van der Waals surface area contributed by atoms with Gasteiger partial charge in [0.1, 0.15) is 12.3 Å². The van der Waals surface area contributed by atoms with Crippen LogP contribution in [-0.4, -0.2) is 15.9 Å². The number of carbonyl (C=O) groups is 1. The van der Waals surface area contributed by atoms with E-state index in [1.807, 2.05) is 0 Å². The molecule has 6 nitrogen and oxygen atoms in total. The fourth-order valence-corrected chi connectivity index (χ4v) is 1.77. The molecule has 98 valence electrons. The van der Waals surface area contributed by atoms with Gasteiger partial charge in [0.25, 0.3) is 5.69 Å². The topological polar surface area (TPSA) is 85.2 Å². The van der Waals surface area contributed by atoms with E-state index < -0.39 is 10.9 Å². The minimum Gasteiger partial charge on any atom is -0.456 e. The lowest BCUT2D eigenvalue weighted by molar-refractivity contribution is -0.384. The number of nitrogens with one attached hydrogen (secondary N) is 1. The Morgan fingerprint density at radius 2 is 2.05 bits per heavy atom. The Morgan fingerprint density at radius 1 is 1.37 bits per heavy atom. The van der Waals surface area contributed by atoms with Gasteiger partial charge in [-0.3, -0.25) is 10.1 Å². The van der Waals surface area contributed by atoms with Gasteiger partial charge in [-0.1, -0.05) is 0 Å². The van der Waals surface area contributed by atoms with Gasteiger partial charge in [-0.05, 0) is 39.7 Å². The van der Waals surface area contributed by atoms with Crippen LogP contribution in [-0.2, 0) is 11.3 Å². The van der Waals surface area contributed by atoms with Crippen LogP contribution in [0.15, 0.2) is 41.0 Å². The van der Waals surface area contributed by atoms with E-state index in [2.05, 4.69) is 20.9 Å². The number of nitro benzene ring substituents is 1. The first kappa shape index (κ1) is 13.3. The Balaban J connectivity index is 1.95. The third kappa shape index (κ3) is 3.41. The molecule has 0 amide bonds. The molecule has 7 heteroatoms.